The fraction of sp³-hybridized carbons (Fsp3) is 0.296. The average molecular weight is 597 g/mol. The van der Waals surface area contributed by atoms with Crippen molar-refractivity contribution >= 4 is 29.6 Å². The maximum Gasteiger partial charge on any atom is 0.403 e. The third-order valence-electron chi connectivity index (χ3n) is 6.53. The molecule has 0 spiro atoms. The van der Waals surface area contributed by atoms with Crippen LogP contribution in [0.1, 0.15) is 28.9 Å². The number of methoxy groups -OCH3 is 1. The van der Waals surface area contributed by atoms with Crippen molar-refractivity contribution in [2.24, 2.45) is 5.84 Å². The predicted molar refractivity (Wildman–Crippen MR) is 141 cm³/mol. The molecule has 2 aromatic carbocycles. The molecule has 218 valence electrons. The van der Waals surface area contributed by atoms with Crippen LogP contribution in [0.5, 0.6) is 11.5 Å². The summed E-state index contributed by atoms with van der Waals surface area (Å²) in [4.78, 5) is 28.4. The lowest BCUT2D eigenvalue weighted by Gasteiger charge is -2.34. The molecule has 1 heterocycles. The number of anilines is 1. The van der Waals surface area contributed by atoms with E-state index in [4.69, 9.17) is 26.9 Å². The topological polar surface area (TPSA) is 127 Å². The second-order valence-electron chi connectivity index (χ2n) is 9.34. The van der Waals surface area contributed by atoms with Gasteiger partial charge in [-0.3, -0.25) is 19.6 Å². The number of hydrazine groups is 1. The number of halogens is 5. The van der Waals surface area contributed by atoms with E-state index in [1.165, 1.54) is 37.4 Å². The SMILES string of the molecule is COc1cc(C(=O)NCC(CO)(c2cc(N(N)C=O)cc(-c3ccc(F)c(Cl)c3)n2)C(F)(F)F)ccc1OC1CC1. The van der Waals surface area contributed by atoms with E-state index in [0.29, 0.717) is 10.8 Å². The van der Waals surface area contributed by atoms with Gasteiger partial charge >= 0.3 is 6.18 Å². The molecule has 9 nitrogen and oxygen atoms in total. The lowest BCUT2D eigenvalue weighted by molar-refractivity contribution is -0.200. The zero-order valence-electron chi connectivity index (χ0n) is 21.5. The van der Waals surface area contributed by atoms with Crippen molar-refractivity contribution in [2.75, 3.05) is 25.3 Å². The van der Waals surface area contributed by atoms with Crippen molar-refractivity contribution in [3.8, 4) is 22.8 Å². The van der Waals surface area contributed by atoms with Crippen LogP contribution in [0.4, 0.5) is 23.2 Å². The molecule has 1 aromatic heterocycles. The van der Waals surface area contributed by atoms with Gasteiger partial charge in [0.2, 0.25) is 6.41 Å². The number of benzene rings is 2. The maximum absolute atomic E-state index is 14.7. The van der Waals surface area contributed by atoms with Crippen LogP contribution in [0.3, 0.4) is 0 Å². The van der Waals surface area contributed by atoms with Crippen molar-refractivity contribution < 1.29 is 41.7 Å². The van der Waals surface area contributed by atoms with E-state index in [9.17, 15) is 32.3 Å². The number of aromatic nitrogens is 1. The first kappa shape index (κ1) is 30.0. The van der Waals surface area contributed by atoms with Crippen LogP contribution in [0.25, 0.3) is 11.3 Å². The first-order valence-electron chi connectivity index (χ1n) is 12.2. The molecule has 0 radical (unpaired) electrons. The van der Waals surface area contributed by atoms with E-state index in [2.05, 4.69) is 10.3 Å². The number of carbonyl (C=O) groups is 2. The Kier molecular flexibility index (Phi) is 8.71. The average Bonchev–Trinajstić information content (AvgIpc) is 3.77. The Morgan fingerprint density at radius 3 is 2.51 bits per heavy atom. The number of alkyl halides is 3. The Balaban J connectivity index is 1.72. The van der Waals surface area contributed by atoms with Gasteiger partial charge in [-0.2, -0.15) is 13.2 Å². The highest BCUT2D eigenvalue weighted by molar-refractivity contribution is 6.31. The smallest absolute Gasteiger partial charge is 0.403 e. The second-order valence-corrected chi connectivity index (χ2v) is 9.75. The molecule has 1 aliphatic rings. The molecular formula is C27H25ClF4N4O5. The number of hydrogen-bond donors (Lipinski definition) is 3. The number of aliphatic hydroxyl groups is 1. The van der Waals surface area contributed by atoms with Crippen LogP contribution in [0, 0.1) is 5.82 Å². The number of nitrogens with one attached hydrogen (secondary N) is 1. The van der Waals surface area contributed by atoms with Crippen LogP contribution in [0.2, 0.25) is 5.02 Å². The Morgan fingerprint density at radius 2 is 1.93 bits per heavy atom. The van der Waals surface area contributed by atoms with Crippen LogP contribution in [0.15, 0.2) is 48.5 Å². The third kappa shape index (κ3) is 6.37. The second kappa shape index (κ2) is 11.9. The van der Waals surface area contributed by atoms with E-state index in [-0.39, 0.29) is 45.8 Å². The molecule has 1 atom stereocenters. The van der Waals surface area contributed by atoms with Crippen molar-refractivity contribution in [1.82, 2.24) is 10.3 Å². The number of carbonyl (C=O) groups excluding carboxylic acids is 2. The van der Waals surface area contributed by atoms with Gasteiger partial charge in [-0.05, 0) is 61.4 Å². The summed E-state index contributed by atoms with van der Waals surface area (Å²) in [5.74, 6) is 4.60. The highest BCUT2D eigenvalue weighted by Crippen LogP contribution is 2.42. The molecular weight excluding hydrogens is 572 g/mol. The molecule has 0 bridgehead atoms. The van der Waals surface area contributed by atoms with E-state index in [1.54, 1.807) is 0 Å². The highest BCUT2D eigenvalue weighted by atomic mass is 35.5. The summed E-state index contributed by atoms with van der Waals surface area (Å²) in [5.41, 5.74) is -4.18. The summed E-state index contributed by atoms with van der Waals surface area (Å²) in [5, 5.41) is 12.6. The number of hydrogen-bond acceptors (Lipinski definition) is 7. The molecule has 2 amide bonds. The predicted octanol–water partition coefficient (Wildman–Crippen LogP) is 4.15. The van der Waals surface area contributed by atoms with Gasteiger partial charge < -0.3 is 19.9 Å². The fourth-order valence-electron chi connectivity index (χ4n) is 3.94. The molecule has 1 fully saturated rings. The Bertz CT molecular complexity index is 1450. The third-order valence-corrected chi connectivity index (χ3v) is 6.82. The standard InChI is InChI=1S/C27H25ClF4N4O5/c1-40-23-9-16(3-7-22(23)41-18-4-5-18)25(39)34-12-26(13-37,27(30,31)32)24-11-17(36(33)14-38)10-21(35-24)15-2-6-20(29)19(28)8-15/h2-3,6-11,14,18,37H,4-5,12-13,33H2,1H3,(H,34,39). The summed E-state index contributed by atoms with van der Waals surface area (Å²) in [6, 6.07) is 9.58. The van der Waals surface area contributed by atoms with Crippen molar-refractivity contribution in [3.63, 3.8) is 0 Å². The quantitative estimate of drug-likeness (QED) is 0.0998. The fourth-order valence-corrected chi connectivity index (χ4v) is 4.12. The minimum atomic E-state index is -5.15. The molecule has 4 N–H and O–H groups in total. The number of nitrogens with two attached hydrogens (primary N) is 1. The molecule has 0 aliphatic heterocycles. The number of ether oxygens (including phenoxy) is 2. The normalized spacial score (nSPS) is 14.6. The lowest BCUT2D eigenvalue weighted by Crippen LogP contribution is -2.54. The zero-order chi connectivity index (χ0) is 29.9. The molecule has 1 unspecified atom stereocenters. The van der Waals surface area contributed by atoms with Gasteiger partial charge in [0.15, 0.2) is 11.5 Å². The molecule has 3 aromatic rings. The van der Waals surface area contributed by atoms with E-state index in [0.717, 1.165) is 31.0 Å². The van der Waals surface area contributed by atoms with Gasteiger partial charge in [-0.25, -0.2) is 10.2 Å². The molecule has 41 heavy (non-hydrogen) atoms. The van der Waals surface area contributed by atoms with Crippen molar-refractivity contribution in [2.45, 2.75) is 30.5 Å². The number of nitrogens with zero attached hydrogens (tertiary/aromatic N) is 2. The van der Waals surface area contributed by atoms with E-state index < -0.39 is 42.2 Å². The lowest BCUT2D eigenvalue weighted by atomic mass is 9.83. The van der Waals surface area contributed by atoms with Gasteiger partial charge in [0.25, 0.3) is 5.91 Å². The summed E-state index contributed by atoms with van der Waals surface area (Å²) in [6.07, 6.45) is -3.19. The summed E-state index contributed by atoms with van der Waals surface area (Å²) < 4.78 is 68.8. The number of pyridine rings is 1. The Labute approximate surface area is 236 Å². The molecule has 1 saturated carbocycles. The molecule has 0 saturated heterocycles. The van der Waals surface area contributed by atoms with Crippen molar-refractivity contribution in [3.05, 3.63) is 70.6 Å². The van der Waals surface area contributed by atoms with Gasteiger partial charge in [-0.1, -0.05) is 11.6 Å². The molecule has 1 aliphatic carbocycles. The number of rotatable bonds is 11. The van der Waals surface area contributed by atoms with Gasteiger partial charge in [0.05, 0.1) is 41.9 Å². The van der Waals surface area contributed by atoms with Crippen LogP contribution in [-0.4, -0.2) is 54.9 Å². The summed E-state index contributed by atoms with van der Waals surface area (Å²) in [7, 11) is 1.36. The van der Waals surface area contributed by atoms with Crippen LogP contribution >= 0.6 is 11.6 Å². The zero-order valence-corrected chi connectivity index (χ0v) is 22.3. The van der Waals surface area contributed by atoms with Gasteiger partial charge in [0, 0.05) is 17.7 Å². The minimum Gasteiger partial charge on any atom is -0.493 e. The van der Waals surface area contributed by atoms with E-state index in [1.807, 2.05) is 0 Å². The highest BCUT2D eigenvalue weighted by Gasteiger charge is 2.57. The molecule has 4 rings (SSSR count). The number of amides is 2. The van der Waals surface area contributed by atoms with Gasteiger partial charge in [0.1, 0.15) is 11.2 Å². The largest absolute Gasteiger partial charge is 0.493 e. The maximum atomic E-state index is 14.7. The first-order valence-corrected chi connectivity index (χ1v) is 12.6. The van der Waals surface area contributed by atoms with E-state index >= 15 is 0 Å². The first-order chi connectivity index (χ1) is 19.4. The van der Waals surface area contributed by atoms with Crippen molar-refractivity contribution in [1.29, 1.82) is 0 Å². The summed E-state index contributed by atoms with van der Waals surface area (Å²) >= 11 is 5.85. The Hall–Kier alpha value is -3.94. The minimum absolute atomic E-state index is 0.0172. The van der Waals surface area contributed by atoms with Crippen LogP contribution in [-0.2, 0) is 10.2 Å². The molecule has 14 heteroatoms. The van der Waals surface area contributed by atoms with Crippen LogP contribution < -0.4 is 25.6 Å². The monoisotopic (exact) mass is 596 g/mol. The van der Waals surface area contributed by atoms with Gasteiger partial charge in [-0.15, -0.1) is 0 Å². The Morgan fingerprint density at radius 1 is 1.20 bits per heavy atom. The number of aliphatic hydroxyl groups excluding tert-OH is 1. The summed E-state index contributed by atoms with van der Waals surface area (Å²) in [6.45, 7) is -2.67.